The molecule has 1 aromatic heterocycles. The number of hydrogen-bond donors (Lipinski definition) is 3. The molecule has 4 nitrogen and oxygen atoms in total. The number of H-pyrrole nitrogens is 1. The molecule has 1 unspecified atom stereocenters. The lowest BCUT2D eigenvalue weighted by Crippen LogP contribution is -2.31. The maximum Gasteiger partial charge on any atom is 0.0582 e. The molecule has 0 aliphatic heterocycles. The van der Waals surface area contributed by atoms with Crippen molar-refractivity contribution in [1.82, 2.24) is 15.5 Å². The second-order valence-electron chi connectivity index (χ2n) is 2.98. The van der Waals surface area contributed by atoms with Crippen LogP contribution in [0, 0.1) is 0 Å². The van der Waals surface area contributed by atoms with Crippen LogP contribution in [-0.4, -0.2) is 28.0 Å². The van der Waals surface area contributed by atoms with E-state index in [1.54, 1.807) is 6.20 Å². The predicted octanol–water partition coefficient (Wildman–Crippen LogP) is 0.441. The highest BCUT2D eigenvalue weighted by molar-refractivity contribution is 5.03. The number of aliphatic hydroxyl groups excluding tert-OH is 1. The van der Waals surface area contributed by atoms with Crippen molar-refractivity contribution in [2.24, 2.45) is 0 Å². The van der Waals surface area contributed by atoms with Crippen LogP contribution in [0.5, 0.6) is 0 Å². The molecule has 0 aliphatic rings. The third-order valence-corrected chi connectivity index (χ3v) is 1.80. The Morgan fingerprint density at radius 2 is 2.42 bits per heavy atom. The smallest absolute Gasteiger partial charge is 0.0582 e. The predicted molar refractivity (Wildman–Crippen MR) is 46.7 cm³/mol. The summed E-state index contributed by atoms with van der Waals surface area (Å²) in [6.07, 6.45) is 1.72. The summed E-state index contributed by atoms with van der Waals surface area (Å²) in [5, 5.41) is 18.7. The number of nitrogens with zero attached hydrogens (tertiary/aromatic N) is 1. The molecule has 1 aromatic rings. The molecule has 0 aromatic carbocycles. The Balaban J connectivity index is 2.44. The largest absolute Gasteiger partial charge is 0.395 e. The Kier molecular flexibility index (Phi) is 3.25. The number of rotatable bonds is 4. The van der Waals surface area contributed by atoms with Crippen LogP contribution in [0.15, 0.2) is 12.3 Å². The van der Waals surface area contributed by atoms with Crippen LogP contribution >= 0.6 is 0 Å². The Morgan fingerprint density at radius 1 is 1.67 bits per heavy atom. The molecule has 0 aliphatic carbocycles. The van der Waals surface area contributed by atoms with Gasteiger partial charge in [0.1, 0.15) is 0 Å². The number of nitrogens with one attached hydrogen (secondary N) is 2. The van der Waals surface area contributed by atoms with Crippen molar-refractivity contribution in [3.05, 3.63) is 18.0 Å². The van der Waals surface area contributed by atoms with Gasteiger partial charge in [-0.25, -0.2) is 0 Å². The van der Waals surface area contributed by atoms with Gasteiger partial charge in [0, 0.05) is 18.3 Å². The molecule has 2 atom stereocenters. The highest BCUT2D eigenvalue weighted by Crippen LogP contribution is 2.07. The standard InChI is InChI=1S/C8H15N3O/c1-6(5-12)10-7(2)8-3-4-9-11-8/h3-4,6-7,10,12H,5H2,1-2H3,(H,9,11)/t6-,7?/m1/s1. The lowest BCUT2D eigenvalue weighted by atomic mass is 10.2. The SMILES string of the molecule is CC(N[C@H](C)CO)c1ccn[nH]1. The van der Waals surface area contributed by atoms with E-state index in [4.69, 9.17) is 5.11 Å². The van der Waals surface area contributed by atoms with Crippen LogP contribution in [0.25, 0.3) is 0 Å². The minimum absolute atomic E-state index is 0.114. The fourth-order valence-corrected chi connectivity index (χ4v) is 1.08. The maximum atomic E-state index is 8.79. The van der Waals surface area contributed by atoms with Crippen molar-refractivity contribution in [3.63, 3.8) is 0 Å². The average Bonchev–Trinajstić information content (AvgIpc) is 2.56. The van der Waals surface area contributed by atoms with Gasteiger partial charge in [-0.2, -0.15) is 5.10 Å². The first-order chi connectivity index (χ1) is 5.74. The van der Waals surface area contributed by atoms with E-state index in [0.717, 1.165) is 5.69 Å². The summed E-state index contributed by atoms with van der Waals surface area (Å²) in [6.45, 7) is 4.12. The molecule has 0 amide bonds. The summed E-state index contributed by atoms with van der Waals surface area (Å²) in [5.41, 5.74) is 1.04. The molecule has 12 heavy (non-hydrogen) atoms. The lowest BCUT2D eigenvalue weighted by molar-refractivity contribution is 0.242. The second kappa shape index (κ2) is 4.23. The van der Waals surface area contributed by atoms with Crippen LogP contribution in [0.2, 0.25) is 0 Å². The van der Waals surface area contributed by atoms with Gasteiger partial charge in [-0.05, 0) is 19.9 Å². The van der Waals surface area contributed by atoms with E-state index in [1.165, 1.54) is 0 Å². The summed E-state index contributed by atoms with van der Waals surface area (Å²) in [4.78, 5) is 0. The summed E-state index contributed by atoms with van der Waals surface area (Å²) in [7, 11) is 0. The first-order valence-corrected chi connectivity index (χ1v) is 4.10. The van der Waals surface area contributed by atoms with Crippen LogP contribution in [0.1, 0.15) is 25.6 Å². The molecule has 0 spiro atoms. The Morgan fingerprint density at radius 3 is 2.92 bits per heavy atom. The van der Waals surface area contributed by atoms with Crippen molar-refractivity contribution >= 4 is 0 Å². The minimum atomic E-state index is 0.114. The van der Waals surface area contributed by atoms with Crippen LogP contribution < -0.4 is 5.32 Å². The van der Waals surface area contributed by atoms with E-state index in [0.29, 0.717) is 0 Å². The molecule has 1 heterocycles. The van der Waals surface area contributed by atoms with E-state index in [2.05, 4.69) is 15.5 Å². The third-order valence-electron chi connectivity index (χ3n) is 1.80. The molecular weight excluding hydrogens is 154 g/mol. The first kappa shape index (κ1) is 9.22. The summed E-state index contributed by atoms with van der Waals surface area (Å²) in [5.74, 6) is 0. The van der Waals surface area contributed by atoms with Crippen molar-refractivity contribution in [3.8, 4) is 0 Å². The zero-order valence-corrected chi connectivity index (χ0v) is 7.41. The highest BCUT2D eigenvalue weighted by atomic mass is 16.3. The van der Waals surface area contributed by atoms with Crippen molar-refractivity contribution < 1.29 is 5.11 Å². The summed E-state index contributed by atoms with van der Waals surface area (Å²) >= 11 is 0. The van der Waals surface area contributed by atoms with Gasteiger partial charge in [-0.1, -0.05) is 0 Å². The van der Waals surface area contributed by atoms with Gasteiger partial charge in [0.15, 0.2) is 0 Å². The van der Waals surface area contributed by atoms with Crippen molar-refractivity contribution in [2.45, 2.75) is 25.9 Å². The van der Waals surface area contributed by atoms with E-state index < -0.39 is 0 Å². The molecule has 4 heteroatoms. The molecule has 1 rings (SSSR count). The zero-order valence-electron chi connectivity index (χ0n) is 7.41. The number of aromatic nitrogens is 2. The quantitative estimate of drug-likeness (QED) is 0.613. The van der Waals surface area contributed by atoms with Crippen LogP contribution in [0.3, 0.4) is 0 Å². The van der Waals surface area contributed by atoms with Gasteiger partial charge >= 0.3 is 0 Å². The first-order valence-electron chi connectivity index (χ1n) is 4.10. The van der Waals surface area contributed by atoms with E-state index >= 15 is 0 Å². The molecule has 0 saturated heterocycles. The summed E-state index contributed by atoms with van der Waals surface area (Å²) in [6, 6.07) is 2.24. The maximum absolute atomic E-state index is 8.79. The minimum Gasteiger partial charge on any atom is -0.395 e. The molecule has 0 fully saturated rings. The molecule has 68 valence electrons. The van der Waals surface area contributed by atoms with Crippen molar-refractivity contribution in [2.75, 3.05) is 6.61 Å². The topological polar surface area (TPSA) is 60.9 Å². The normalized spacial score (nSPS) is 15.9. The van der Waals surface area contributed by atoms with Gasteiger partial charge in [0.2, 0.25) is 0 Å². The van der Waals surface area contributed by atoms with E-state index in [-0.39, 0.29) is 18.7 Å². The number of aliphatic hydroxyl groups is 1. The van der Waals surface area contributed by atoms with Crippen molar-refractivity contribution in [1.29, 1.82) is 0 Å². The molecular formula is C8H15N3O. The van der Waals surface area contributed by atoms with Gasteiger partial charge in [-0.15, -0.1) is 0 Å². The molecule has 0 bridgehead atoms. The molecule has 0 radical (unpaired) electrons. The van der Waals surface area contributed by atoms with Gasteiger partial charge < -0.3 is 10.4 Å². The van der Waals surface area contributed by atoms with Crippen LogP contribution in [0.4, 0.5) is 0 Å². The molecule has 0 saturated carbocycles. The number of hydrogen-bond acceptors (Lipinski definition) is 3. The van der Waals surface area contributed by atoms with E-state index in [1.807, 2.05) is 19.9 Å². The third kappa shape index (κ3) is 2.32. The van der Waals surface area contributed by atoms with Gasteiger partial charge in [0.25, 0.3) is 0 Å². The Bertz CT molecular complexity index is 210. The van der Waals surface area contributed by atoms with Gasteiger partial charge in [0.05, 0.1) is 12.3 Å². The molecule has 3 N–H and O–H groups in total. The fourth-order valence-electron chi connectivity index (χ4n) is 1.08. The Labute approximate surface area is 72.0 Å². The monoisotopic (exact) mass is 169 g/mol. The zero-order chi connectivity index (χ0) is 8.97. The fraction of sp³-hybridized carbons (Fsp3) is 0.625. The summed E-state index contributed by atoms with van der Waals surface area (Å²) < 4.78 is 0. The highest BCUT2D eigenvalue weighted by Gasteiger charge is 2.08. The average molecular weight is 169 g/mol. The lowest BCUT2D eigenvalue weighted by Gasteiger charge is -2.16. The number of aromatic amines is 1. The second-order valence-corrected chi connectivity index (χ2v) is 2.98. The Hall–Kier alpha value is -0.870. The van der Waals surface area contributed by atoms with Crippen LogP contribution in [-0.2, 0) is 0 Å². The van der Waals surface area contributed by atoms with Gasteiger partial charge in [-0.3, -0.25) is 5.10 Å². The van der Waals surface area contributed by atoms with E-state index in [9.17, 15) is 0 Å².